The van der Waals surface area contributed by atoms with Gasteiger partial charge in [0.05, 0.1) is 17.6 Å². The monoisotopic (exact) mass is 371 g/mol. The lowest BCUT2D eigenvalue weighted by Crippen LogP contribution is -2.08. The van der Waals surface area contributed by atoms with Gasteiger partial charge in [0.15, 0.2) is 0 Å². The smallest absolute Gasteiger partial charge is 0.143 e. The van der Waals surface area contributed by atoms with Gasteiger partial charge in [-0.3, -0.25) is 4.98 Å². The lowest BCUT2D eigenvalue weighted by atomic mass is 10.1. The molecule has 0 saturated heterocycles. The summed E-state index contributed by atoms with van der Waals surface area (Å²) in [5.41, 5.74) is 7.70. The molecule has 0 radical (unpaired) electrons. The third-order valence-corrected chi connectivity index (χ3v) is 5.00. The summed E-state index contributed by atoms with van der Waals surface area (Å²) in [4.78, 5) is 9.57. The Bertz CT molecular complexity index is 1130. The van der Waals surface area contributed by atoms with Gasteiger partial charge in [0.2, 0.25) is 0 Å². The van der Waals surface area contributed by atoms with E-state index >= 15 is 0 Å². The Kier molecular flexibility index (Phi) is 4.86. The molecule has 0 N–H and O–H groups in total. The van der Waals surface area contributed by atoms with Crippen molar-refractivity contribution in [3.05, 3.63) is 88.5 Å². The van der Waals surface area contributed by atoms with Crippen LogP contribution in [0.25, 0.3) is 11.0 Å². The third kappa shape index (κ3) is 3.63. The minimum absolute atomic E-state index is 0.528. The number of fused-ring (bicyclic) bond motifs is 1. The van der Waals surface area contributed by atoms with Gasteiger partial charge in [0.1, 0.15) is 23.9 Å². The first-order valence-electron chi connectivity index (χ1n) is 9.58. The van der Waals surface area contributed by atoms with Crippen LogP contribution in [0.2, 0.25) is 0 Å². The molecule has 0 bridgehead atoms. The zero-order valence-corrected chi connectivity index (χ0v) is 16.9. The fourth-order valence-electron chi connectivity index (χ4n) is 3.61. The van der Waals surface area contributed by atoms with E-state index in [1.807, 2.05) is 37.3 Å². The summed E-state index contributed by atoms with van der Waals surface area (Å²) in [5, 5.41) is 0. The number of pyridine rings is 1. The molecule has 2 heterocycles. The van der Waals surface area contributed by atoms with Gasteiger partial charge in [-0.1, -0.05) is 36.4 Å². The minimum atomic E-state index is 0.528. The van der Waals surface area contributed by atoms with Crippen molar-refractivity contribution in [2.24, 2.45) is 0 Å². The van der Waals surface area contributed by atoms with Crippen molar-refractivity contribution in [2.75, 3.05) is 0 Å². The molecule has 2 aromatic heterocycles. The Hall–Kier alpha value is -3.14. The van der Waals surface area contributed by atoms with Crippen molar-refractivity contribution in [2.45, 2.75) is 40.8 Å². The standard InChI is InChI=1S/C24H25N3O/c1-16-12-17(2)24-22(13-16)27(19(4)26-24)14-21-23(11-10-18(3)25-21)28-15-20-8-6-5-7-9-20/h5-13H,14-15H2,1-4H3. The molecular weight excluding hydrogens is 346 g/mol. The molecule has 4 nitrogen and oxygen atoms in total. The third-order valence-electron chi connectivity index (χ3n) is 5.00. The van der Waals surface area contributed by atoms with Crippen LogP contribution in [0.5, 0.6) is 5.75 Å². The first-order chi connectivity index (χ1) is 13.5. The summed E-state index contributed by atoms with van der Waals surface area (Å²) in [6.07, 6.45) is 0. The molecule has 0 fully saturated rings. The van der Waals surface area contributed by atoms with Gasteiger partial charge in [0, 0.05) is 5.69 Å². The second kappa shape index (κ2) is 7.47. The molecule has 4 aromatic rings. The number of rotatable bonds is 5. The van der Waals surface area contributed by atoms with Crippen molar-refractivity contribution in [1.82, 2.24) is 14.5 Å². The van der Waals surface area contributed by atoms with Crippen molar-refractivity contribution in [1.29, 1.82) is 0 Å². The van der Waals surface area contributed by atoms with E-state index in [0.29, 0.717) is 13.2 Å². The predicted octanol–water partition coefficient (Wildman–Crippen LogP) is 5.29. The van der Waals surface area contributed by atoms with E-state index < -0.39 is 0 Å². The number of benzene rings is 2. The fraction of sp³-hybridized carbons (Fsp3) is 0.250. The summed E-state index contributed by atoms with van der Waals surface area (Å²) in [7, 11) is 0. The molecule has 4 heteroatoms. The molecule has 142 valence electrons. The lowest BCUT2D eigenvalue weighted by molar-refractivity contribution is 0.300. The first kappa shape index (κ1) is 18.2. The van der Waals surface area contributed by atoms with Gasteiger partial charge in [-0.15, -0.1) is 0 Å². The maximum Gasteiger partial charge on any atom is 0.143 e. The number of aryl methyl sites for hydroxylation is 4. The van der Waals surface area contributed by atoms with E-state index in [1.54, 1.807) is 0 Å². The van der Waals surface area contributed by atoms with E-state index in [9.17, 15) is 0 Å². The normalized spacial score (nSPS) is 11.1. The van der Waals surface area contributed by atoms with E-state index in [1.165, 1.54) is 11.1 Å². The van der Waals surface area contributed by atoms with Crippen molar-refractivity contribution >= 4 is 11.0 Å². The van der Waals surface area contributed by atoms with Crippen LogP contribution in [-0.4, -0.2) is 14.5 Å². The number of hydrogen-bond donors (Lipinski definition) is 0. The van der Waals surface area contributed by atoms with Crippen molar-refractivity contribution < 1.29 is 4.74 Å². The summed E-state index contributed by atoms with van der Waals surface area (Å²) in [6.45, 7) is 9.47. The molecule has 28 heavy (non-hydrogen) atoms. The number of hydrogen-bond acceptors (Lipinski definition) is 3. The van der Waals surface area contributed by atoms with E-state index in [4.69, 9.17) is 14.7 Å². The van der Waals surface area contributed by atoms with Crippen molar-refractivity contribution in [3.8, 4) is 5.75 Å². The predicted molar refractivity (Wildman–Crippen MR) is 113 cm³/mol. The van der Waals surface area contributed by atoms with Crippen LogP contribution in [0.4, 0.5) is 0 Å². The maximum atomic E-state index is 6.13. The van der Waals surface area contributed by atoms with Crippen LogP contribution >= 0.6 is 0 Å². The van der Waals surface area contributed by atoms with Crippen LogP contribution in [0.3, 0.4) is 0 Å². The Morgan fingerprint density at radius 2 is 1.68 bits per heavy atom. The fourth-order valence-corrected chi connectivity index (χ4v) is 3.61. The number of imidazole rings is 1. The Balaban J connectivity index is 1.69. The highest BCUT2D eigenvalue weighted by atomic mass is 16.5. The van der Waals surface area contributed by atoms with Gasteiger partial charge in [-0.05, 0) is 62.6 Å². The van der Waals surface area contributed by atoms with Crippen LogP contribution in [0.1, 0.15) is 33.9 Å². The van der Waals surface area contributed by atoms with Crippen LogP contribution < -0.4 is 4.74 Å². The summed E-state index contributed by atoms with van der Waals surface area (Å²) >= 11 is 0. The molecule has 0 aliphatic carbocycles. The largest absolute Gasteiger partial charge is 0.487 e. The summed E-state index contributed by atoms with van der Waals surface area (Å²) < 4.78 is 8.36. The second-order valence-corrected chi connectivity index (χ2v) is 7.37. The highest BCUT2D eigenvalue weighted by Crippen LogP contribution is 2.25. The molecular formula is C24H25N3O. The molecule has 0 amide bonds. The first-order valence-corrected chi connectivity index (χ1v) is 9.58. The molecule has 0 spiro atoms. The van der Waals surface area contributed by atoms with Gasteiger partial charge < -0.3 is 9.30 Å². The lowest BCUT2D eigenvalue weighted by Gasteiger charge is -2.14. The van der Waals surface area contributed by atoms with Gasteiger partial charge >= 0.3 is 0 Å². The molecule has 2 aromatic carbocycles. The average molecular weight is 371 g/mol. The topological polar surface area (TPSA) is 39.9 Å². The van der Waals surface area contributed by atoms with Crippen molar-refractivity contribution in [3.63, 3.8) is 0 Å². The zero-order chi connectivity index (χ0) is 19.7. The molecule has 0 aliphatic rings. The Labute approximate surface area is 165 Å². The van der Waals surface area contributed by atoms with Gasteiger partial charge in [0.25, 0.3) is 0 Å². The quantitative estimate of drug-likeness (QED) is 0.478. The number of aromatic nitrogens is 3. The molecule has 0 unspecified atom stereocenters. The SMILES string of the molecule is Cc1cc(C)c2nc(C)n(Cc3nc(C)ccc3OCc3ccccc3)c2c1. The van der Waals surface area contributed by atoms with Crippen LogP contribution in [-0.2, 0) is 13.2 Å². The molecule has 0 atom stereocenters. The number of ether oxygens (including phenoxy) is 1. The zero-order valence-electron chi connectivity index (χ0n) is 16.9. The molecule has 0 saturated carbocycles. The second-order valence-electron chi connectivity index (χ2n) is 7.37. The Morgan fingerprint density at radius 3 is 2.46 bits per heavy atom. The van der Waals surface area contributed by atoms with E-state index in [2.05, 4.69) is 49.6 Å². The van der Waals surface area contributed by atoms with E-state index in [0.717, 1.165) is 39.6 Å². The highest BCUT2D eigenvalue weighted by molar-refractivity contribution is 5.80. The Morgan fingerprint density at radius 1 is 0.893 bits per heavy atom. The molecule has 4 rings (SSSR count). The summed E-state index contributed by atoms with van der Waals surface area (Å²) in [5.74, 6) is 1.81. The van der Waals surface area contributed by atoms with Crippen LogP contribution in [0.15, 0.2) is 54.6 Å². The highest BCUT2D eigenvalue weighted by Gasteiger charge is 2.14. The van der Waals surface area contributed by atoms with E-state index in [-0.39, 0.29) is 0 Å². The van der Waals surface area contributed by atoms with Crippen LogP contribution in [0, 0.1) is 27.7 Å². The number of nitrogens with zero attached hydrogens (tertiary/aromatic N) is 3. The molecule has 0 aliphatic heterocycles. The summed E-state index contributed by atoms with van der Waals surface area (Å²) in [6, 6.07) is 18.6. The van der Waals surface area contributed by atoms with Gasteiger partial charge in [-0.2, -0.15) is 0 Å². The minimum Gasteiger partial charge on any atom is -0.487 e. The van der Waals surface area contributed by atoms with Gasteiger partial charge in [-0.25, -0.2) is 4.98 Å². The maximum absolute atomic E-state index is 6.13. The average Bonchev–Trinajstić information content (AvgIpc) is 2.98.